The van der Waals surface area contributed by atoms with Crippen LogP contribution in [-0.2, 0) is 11.3 Å². The van der Waals surface area contributed by atoms with Gasteiger partial charge in [0, 0.05) is 30.7 Å². The van der Waals surface area contributed by atoms with Gasteiger partial charge < -0.3 is 9.32 Å². The lowest BCUT2D eigenvalue weighted by Crippen LogP contribution is -2.33. The van der Waals surface area contributed by atoms with Crippen molar-refractivity contribution in [3.8, 4) is 11.4 Å². The van der Waals surface area contributed by atoms with Crippen molar-refractivity contribution in [2.45, 2.75) is 23.9 Å². The number of furan rings is 1. The molecule has 0 saturated heterocycles. The van der Waals surface area contributed by atoms with Crippen LogP contribution >= 0.6 is 11.8 Å². The van der Waals surface area contributed by atoms with E-state index in [4.69, 9.17) is 4.42 Å². The number of pyridine rings is 1. The van der Waals surface area contributed by atoms with Gasteiger partial charge in [0.25, 0.3) is 0 Å². The zero-order valence-corrected chi connectivity index (χ0v) is 17.5. The van der Waals surface area contributed by atoms with E-state index in [-0.39, 0.29) is 11.2 Å². The highest BCUT2D eigenvalue weighted by Gasteiger charge is 2.24. The van der Waals surface area contributed by atoms with Crippen molar-refractivity contribution >= 4 is 23.4 Å². The van der Waals surface area contributed by atoms with E-state index in [0.29, 0.717) is 17.5 Å². The molecule has 152 valence electrons. The Morgan fingerprint density at radius 1 is 1.13 bits per heavy atom. The van der Waals surface area contributed by atoms with Crippen molar-refractivity contribution in [2.75, 3.05) is 11.9 Å². The van der Waals surface area contributed by atoms with Crippen molar-refractivity contribution in [3.63, 3.8) is 0 Å². The molecule has 0 aliphatic rings. The largest absolute Gasteiger partial charge is 0.467 e. The Hall–Kier alpha value is -3.39. The zero-order valence-electron chi connectivity index (χ0n) is 16.7. The predicted octanol–water partition coefficient (Wildman–Crippen LogP) is 4.13. The summed E-state index contributed by atoms with van der Waals surface area (Å²) in [5.41, 5.74) is 1.70. The topological polar surface area (TPSA) is 77.0 Å². The number of hydrogen-bond acceptors (Lipinski definition) is 6. The summed E-state index contributed by atoms with van der Waals surface area (Å²) in [4.78, 5) is 18.8. The molecule has 4 rings (SSSR count). The summed E-state index contributed by atoms with van der Waals surface area (Å²) in [7, 11) is 1.78. The first kappa shape index (κ1) is 19.9. The standard InChI is InChI=1S/C22H21N5O2S/c1-16(21(28)26(2)18-9-4-3-5-10-18)30-22-25-24-20(17-8-6-12-23-14-17)27(22)15-19-11-7-13-29-19/h3-14,16H,15H2,1-2H3/t16-/m1/s1. The van der Waals surface area contributed by atoms with Crippen LogP contribution in [0.1, 0.15) is 12.7 Å². The highest BCUT2D eigenvalue weighted by atomic mass is 32.2. The Morgan fingerprint density at radius 3 is 2.67 bits per heavy atom. The second kappa shape index (κ2) is 8.96. The third kappa shape index (κ3) is 4.28. The number of benzene rings is 1. The minimum absolute atomic E-state index is 0.0123. The Labute approximate surface area is 178 Å². The number of amides is 1. The average Bonchev–Trinajstić information content (AvgIpc) is 3.44. The van der Waals surface area contributed by atoms with Crippen molar-refractivity contribution < 1.29 is 9.21 Å². The van der Waals surface area contributed by atoms with Gasteiger partial charge in [-0.1, -0.05) is 30.0 Å². The van der Waals surface area contributed by atoms with Gasteiger partial charge in [-0.15, -0.1) is 10.2 Å². The molecule has 0 unspecified atom stereocenters. The molecule has 3 aromatic heterocycles. The third-order valence-electron chi connectivity index (χ3n) is 4.63. The lowest BCUT2D eigenvalue weighted by molar-refractivity contribution is -0.117. The molecule has 0 fully saturated rings. The van der Waals surface area contributed by atoms with Crippen LogP contribution in [0.5, 0.6) is 0 Å². The molecule has 1 amide bonds. The van der Waals surface area contributed by atoms with E-state index in [1.165, 1.54) is 11.8 Å². The summed E-state index contributed by atoms with van der Waals surface area (Å²) in [6.45, 7) is 2.34. The van der Waals surface area contributed by atoms with Gasteiger partial charge in [-0.05, 0) is 43.3 Å². The van der Waals surface area contributed by atoms with E-state index in [2.05, 4.69) is 15.2 Å². The maximum Gasteiger partial charge on any atom is 0.240 e. The summed E-state index contributed by atoms with van der Waals surface area (Å²) < 4.78 is 7.48. The molecule has 1 aromatic carbocycles. The highest BCUT2D eigenvalue weighted by Crippen LogP contribution is 2.29. The smallest absolute Gasteiger partial charge is 0.240 e. The van der Waals surface area contributed by atoms with Crippen molar-refractivity contribution in [3.05, 3.63) is 79.0 Å². The second-order valence-electron chi connectivity index (χ2n) is 6.71. The molecule has 0 radical (unpaired) electrons. The van der Waals surface area contributed by atoms with Gasteiger partial charge in [0.1, 0.15) is 5.76 Å². The Kier molecular flexibility index (Phi) is 5.94. The number of thioether (sulfide) groups is 1. The maximum atomic E-state index is 13.0. The molecule has 4 aromatic rings. The molecule has 3 heterocycles. The van der Waals surface area contributed by atoms with E-state index < -0.39 is 0 Å². The number of rotatable bonds is 7. The fourth-order valence-electron chi connectivity index (χ4n) is 3.05. The molecular formula is C22H21N5O2S. The van der Waals surface area contributed by atoms with Gasteiger partial charge in [-0.2, -0.15) is 0 Å². The molecule has 8 heteroatoms. The predicted molar refractivity (Wildman–Crippen MR) is 116 cm³/mol. The minimum atomic E-state index is -0.350. The quantitative estimate of drug-likeness (QED) is 0.419. The Morgan fingerprint density at radius 2 is 1.97 bits per heavy atom. The van der Waals surface area contributed by atoms with Gasteiger partial charge in [0.05, 0.1) is 18.1 Å². The van der Waals surface area contributed by atoms with Crippen LogP contribution in [0.3, 0.4) is 0 Å². The molecule has 0 saturated carbocycles. The normalized spacial score (nSPS) is 11.9. The molecule has 0 aliphatic heterocycles. The van der Waals surface area contributed by atoms with Crippen LogP contribution < -0.4 is 4.90 Å². The zero-order chi connectivity index (χ0) is 20.9. The second-order valence-corrected chi connectivity index (χ2v) is 8.01. The first-order chi connectivity index (χ1) is 14.6. The lowest BCUT2D eigenvalue weighted by atomic mass is 10.2. The van der Waals surface area contributed by atoms with Gasteiger partial charge in [-0.25, -0.2) is 0 Å². The minimum Gasteiger partial charge on any atom is -0.467 e. The number of carbonyl (C=O) groups excluding carboxylic acids is 1. The summed E-state index contributed by atoms with van der Waals surface area (Å²) in [6, 6.07) is 17.1. The third-order valence-corrected chi connectivity index (χ3v) is 5.70. The Balaban J connectivity index is 1.60. The van der Waals surface area contributed by atoms with Crippen LogP contribution in [0.2, 0.25) is 0 Å². The molecular weight excluding hydrogens is 398 g/mol. The van der Waals surface area contributed by atoms with E-state index >= 15 is 0 Å². The van der Waals surface area contributed by atoms with Crippen LogP contribution in [-0.4, -0.2) is 38.0 Å². The average molecular weight is 420 g/mol. The molecule has 30 heavy (non-hydrogen) atoms. The fourth-order valence-corrected chi connectivity index (χ4v) is 3.99. The first-order valence-electron chi connectivity index (χ1n) is 9.48. The molecule has 7 nitrogen and oxygen atoms in total. The number of anilines is 1. The monoisotopic (exact) mass is 419 g/mol. The van der Waals surface area contributed by atoms with Crippen LogP contribution in [0, 0.1) is 0 Å². The van der Waals surface area contributed by atoms with Crippen LogP contribution in [0.25, 0.3) is 11.4 Å². The molecule has 0 aliphatic carbocycles. The van der Waals surface area contributed by atoms with E-state index in [9.17, 15) is 4.79 Å². The molecule has 1 atom stereocenters. The number of nitrogens with zero attached hydrogens (tertiary/aromatic N) is 5. The van der Waals surface area contributed by atoms with Crippen molar-refractivity contribution in [1.29, 1.82) is 0 Å². The highest BCUT2D eigenvalue weighted by molar-refractivity contribution is 8.00. The van der Waals surface area contributed by atoms with Crippen LogP contribution in [0.15, 0.2) is 82.8 Å². The van der Waals surface area contributed by atoms with Gasteiger partial charge in [0.2, 0.25) is 5.91 Å². The first-order valence-corrected chi connectivity index (χ1v) is 10.4. The SMILES string of the molecule is C[C@@H](Sc1nnc(-c2cccnc2)n1Cc1ccco1)C(=O)N(C)c1ccccc1. The maximum absolute atomic E-state index is 13.0. The number of para-hydroxylation sites is 1. The van der Waals surface area contributed by atoms with E-state index in [0.717, 1.165) is 17.0 Å². The van der Waals surface area contributed by atoms with Gasteiger partial charge in [0.15, 0.2) is 11.0 Å². The molecule has 0 N–H and O–H groups in total. The van der Waals surface area contributed by atoms with E-state index in [1.54, 1.807) is 30.6 Å². The van der Waals surface area contributed by atoms with E-state index in [1.807, 2.05) is 66.1 Å². The van der Waals surface area contributed by atoms with Gasteiger partial charge in [-0.3, -0.25) is 14.3 Å². The van der Waals surface area contributed by atoms with Crippen LogP contribution in [0.4, 0.5) is 5.69 Å². The lowest BCUT2D eigenvalue weighted by Gasteiger charge is -2.21. The summed E-state index contributed by atoms with van der Waals surface area (Å²) in [5.74, 6) is 1.45. The number of aromatic nitrogens is 4. The molecule has 0 spiro atoms. The summed E-state index contributed by atoms with van der Waals surface area (Å²) in [5, 5.41) is 9.03. The summed E-state index contributed by atoms with van der Waals surface area (Å²) >= 11 is 1.37. The molecule has 0 bridgehead atoms. The van der Waals surface area contributed by atoms with Crippen molar-refractivity contribution in [1.82, 2.24) is 19.7 Å². The summed E-state index contributed by atoms with van der Waals surface area (Å²) in [6.07, 6.45) is 5.10. The van der Waals surface area contributed by atoms with Gasteiger partial charge >= 0.3 is 0 Å². The Bertz CT molecular complexity index is 1100. The number of carbonyl (C=O) groups is 1. The van der Waals surface area contributed by atoms with Crippen molar-refractivity contribution in [2.24, 2.45) is 0 Å². The number of hydrogen-bond donors (Lipinski definition) is 0. The fraction of sp³-hybridized carbons (Fsp3) is 0.182.